The standard InChI is InChI=1S/C25H27NO4S/c27-25(26-16-13-21(14-17-26)12-11-20-7-3-1-4-8-20)24-22(15-18-30-24)19-31(28,29)23-9-5-2-6-10-23/h1-10,15,18,21H,11-14,16-17,19H2. The lowest BCUT2D eigenvalue weighted by molar-refractivity contribution is 0.0654. The number of carbonyl (C=O) groups excluding carboxylic acids is 1. The lowest BCUT2D eigenvalue weighted by Crippen LogP contribution is -2.38. The molecule has 3 aromatic rings. The third kappa shape index (κ3) is 5.25. The summed E-state index contributed by atoms with van der Waals surface area (Å²) in [6.45, 7) is 1.34. The number of hydrogen-bond acceptors (Lipinski definition) is 4. The van der Waals surface area contributed by atoms with Crippen molar-refractivity contribution in [1.82, 2.24) is 4.90 Å². The fourth-order valence-corrected chi connectivity index (χ4v) is 5.51. The Bertz CT molecular complexity index is 1100. The number of nitrogens with zero attached hydrogens (tertiary/aromatic N) is 1. The van der Waals surface area contributed by atoms with E-state index in [1.165, 1.54) is 11.8 Å². The molecular formula is C25H27NO4S. The molecule has 1 saturated heterocycles. The van der Waals surface area contributed by atoms with Crippen LogP contribution in [0.15, 0.2) is 82.3 Å². The van der Waals surface area contributed by atoms with E-state index in [1.807, 2.05) is 6.07 Å². The Hall–Kier alpha value is -2.86. The minimum absolute atomic E-state index is 0.141. The van der Waals surface area contributed by atoms with E-state index >= 15 is 0 Å². The smallest absolute Gasteiger partial charge is 0.289 e. The number of benzene rings is 2. The molecule has 1 aliphatic rings. The summed E-state index contributed by atoms with van der Waals surface area (Å²) in [4.78, 5) is 15.1. The molecule has 1 aromatic heterocycles. The monoisotopic (exact) mass is 437 g/mol. The van der Waals surface area contributed by atoms with Gasteiger partial charge in [0.05, 0.1) is 16.9 Å². The number of likely N-dealkylation sites (tertiary alicyclic amines) is 1. The van der Waals surface area contributed by atoms with Gasteiger partial charge in [0.15, 0.2) is 15.6 Å². The Morgan fingerprint density at radius 3 is 2.26 bits per heavy atom. The summed E-state index contributed by atoms with van der Waals surface area (Å²) >= 11 is 0. The first kappa shape index (κ1) is 21.4. The van der Waals surface area contributed by atoms with E-state index in [1.54, 1.807) is 41.3 Å². The predicted molar refractivity (Wildman–Crippen MR) is 119 cm³/mol. The molecule has 5 nitrogen and oxygen atoms in total. The number of amides is 1. The van der Waals surface area contributed by atoms with Crippen molar-refractivity contribution in [2.45, 2.75) is 36.3 Å². The maximum absolute atomic E-state index is 13.0. The number of piperidine rings is 1. The second kappa shape index (κ2) is 9.52. The van der Waals surface area contributed by atoms with Crippen LogP contribution in [-0.2, 0) is 22.0 Å². The third-order valence-electron chi connectivity index (χ3n) is 5.97. The van der Waals surface area contributed by atoms with Gasteiger partial charge in [0, 0.05) is 18.7 Å². The summed E-state index contributed by atoms with van der Waals surface area (Å²) in [5, 5.41) is 0. The van der Waals surface area contributed by atoms with Crippen molar-refractivity contribution in [2.75, 3.05) is 13.1 Å². The third-order valence-corrected chi connectivity index (χ3v) is 7.66. The molecular weight excluding hydrogens is 410 g/mol. The van der Waals surface area contributed by atoms with Gasteiger partial charge in [-0.3, -0.25) is 4.79 Å². The molecule has 0 radical (unpaired) electrons. The molecule has 31 heavy (non-hydrogen) atoms. The minimum Gasteiger partial charge on any atom is -0.459 e. The molecule has 0 unspecified atom stereocenters. The second-order valence-electron chi connectivity index (χ2n) is 8.11. The van der Waals surface area contributed by atoms with Gasteiger partial charge in [0.2, 0.25) is 0 Å². The molecule has 1 amide bonds. The van der Waals surface area contributed by atoms with Gasteiger partial charge in [-0.05, 0) is 55.4 Å². The predicted octanol–water partition coefficient (Wildman–Crippen LogP) is 4.74. The number of furan rings is 1. The van der Waals surface area contributed by atoms with Crippen molar-refractivity contribution in [3.8, 4) is 0 Å². The van der Waals surface area contributed by atoms with Crippen molar-refractivity contribution in [1.29, 1.82) is 0 Å². The molecule has 0 spiro atoms. The Morgan fingerprint density at radius 2 is 1.58 bits per heavy atom. The Balaban J connectivity index is 1.35. The fraction of sp³-hybridized carbons (Fsp3) is 0.320. The van der Waals surface area contributed by atoms with E-state index in [0.717, 1.165) is 25.7 Å². The first-order valence-corrected chi connectivity index (χ1v) is 12.4. The van der Waals surface area contributed by atoms with Crippen molar-refractivity contribution in [3.63, 3.8) is 0 Å². The number of aryl methyl sites for hydroxylation is 1. The topological polar surface area (TPSA) is 67.6 Å². The zero-order valence-corrected chi connectivity index (χ0v) is 18.3. The quantitative estimate of drug-likeness (QED) is 0.535. The van der Waals surface area contributed by atoms with Crippen LogP contribution in [0.1, 0.15) is 40.9 Å². The van der Waals surface area contributed by atoms with Crippen molar-refractivity contribution in [2.24, 2.45) is 5.92 Å². The number of rotatable bonds is 7. The molecule has 2 aromatic carbocycles. The first-order valence-electron chi connectivity index (χ1n) is 10.7. The van der Waals surface area contributed by atoms with E-state index in [9.17, 15) is 13.2 Å². The summed E-state index contributed by atoms with van der Waals surface area (Å²) in [6.07, 6.45) is 5.48. The molecule has 4 rings (SSSR count). The van der Waals surface area contributed by atoms with Crippen LogP contribution in [0.3, 0.4) is 0 Å². The van der Waals surface area contributed by atoms with Crippen LogP contribution in [0, 0.1) is 5.92 Å². The normalized spacial score (nSPS) is 15.2. The fourth-order valence-electron chi connectivity index (χ4n) is 4.14. The lowest BCUT2D eigenvalue weighted by Gasteiger charge is -2.31. The van der Waals surface area contributed by atoms with Gasteiger partial charge in [0.1, 0.15) is 0 Å². The summed E-state index contributed by atoms with van der Waals surface area (Å²) in [5.74, 6) is 0.271. The van der Waals surface area contributed by atoms with Gasteiger partial charge >= 0.3 is 0 Å². The first-order chi connectivity index (χ1) is 15.0. The van der Waals surface area contributed by atoms with Crippen LogP contribution >= 0.6 is 0 Å². The van der Waals surface area contributed by atoms with Crippen LogP contribution in [0.5, 0.6) is 0 Å². The number of sulfone groups is 1. The SMILES string of the molecule is O=C(c1occc1CS(=O)(=O)c1ccccc1)N1CCC(CCc2ccccc2)CC1. The van der Waals surface area contributed by atoms with Gasteiger partial charge in [-0.2, -0.15) is 0 Å². The van der Waals surface area contributed by atoms with Crippen LogP contribution in [-0.4, -0.2) is 32.3 Å². The molecule has 0 saturated carbocycles. The maximum atomic E-state index is 13.0. The molecule has 0 N–H and O–H groups in total. The molecule has 1 fully saturated rings. The van der Waals surface area contributed by atoms with Gasteiger partial charge in [0.25, 0.3) is 5.91 Å². The van der Waals surface area contributed by atoms with Gasteiger partial charge in [-0.25, -0.2) is 8.42 Å². The van der Waals surface area contributed by atoms with Gasteiger partial charge in [-0.15, -0.1) is 0 Å². The molecule has 0 bridgehead atoms. The average molecular weight is 438 g/mol. The highest BCUT2D eigenvalue weighted by Gasteiger charge is 2.28. The highest BCUT2D eigenvalue weighted by atomic mass is 32.2. The molecule has 0 atom stereocenters. The summed E-state index contributed by atoms with van der Waals surface area (Å²) in [7, 11) is -3.54. The van der Waals surface area contributed by atoms with Crippen molar-refractivity contribution >= 4 is 15.7 Å². The highest BCUT2D eigenvalue weighted by Crippen LogP contribution is 2.26. The van der Waals surface area contributed by atoms with Crippen molar-refractivity contribution < 1.29 is 17.6 Å². The molecule has 6 heteroatoms. The van der Waals surface area contributed by atoms with Crippen LogP contribution in [0.25, 0.3) is 0 Å². The average Bonchev–Trinajstić information content (AvgIpc) is 3.26. The summed E-state index contributed by atoms with van der Waals surface area (Å²) in [5.41, 5.74) is 1.76. The maximum Gasteiger partial charge on any atom is 0.289 e. The molecule has 1 aliphatic heterocycles. The Morgan fingerprint density at radius 1 is 0.935 bits per heavy atom. The largest absolute Gasteiger partial charge is 0.459 e. The van der Waals surface area contributed by atoms with Crippen molar-refractivity contribution in [3.05, 3.63) is 89.9 Å². The number of carbonyl (C=O) groups is 1. The highest BCUT2D eigenvalue weighted by molar-refractivity contribution is 7.90. The zero-order chi connectivity index (χ0) is 21.7. The molecule has 162 valence electrons. The van der Waals surface area contributed by atoms with E-state index in [2.05, 4.69) is 24.3 Å². The zero-order valence-electron chi connectivity index (χ0n) is 17.4. The van der Waals surface area contributed by atoms with E-state index in [0.29, 0.717) is 24.6 Å². The Labute approximate surface area is 183 Å². The van der Waals surface area contributed by atoms with Crippen LogP contribution < -0.4 is 0 Å². The van der Waals surface area contributed by atoms with Gasteiger partial charge in [-0.1, -0.05) is 48.5 Å². The van der Waals surface area contributed by atoms with E-state index < -0.39 is 9.84 Å². The minimum atomic E-state index is -3.54. The van der Waals surface area contributed by atoms with E-state index in [-0.39, 0.29) is 22.3 Å². The van der Waals surface area contributed by atoms with E-state index in [4.69, 9.17) is 4.42 Å². The second-order valence-corrected chi connectivity index (χ2v) is 10.1. The Kier molecular flexibility index (Phi) is 6.56. The lowest BCUT2D eigenvalue weighted by atomic mass is 9.90. The van der Waals surface area contributed by atoms with Crippen LogP contribution in [0.2, 0.25) is 0 Å². The summed E-state index contributed by atoms with van der Waals surface area (Å²) < 4.78 is 30.9. The van der Waals surface area contributed by atoms with Crippen LogP contribution in [0.4, 0.5) is 0 Å². The van der Waals surface area contributed by atoms with Gasteiger partial charge < -0.3 is 9.32 Å². The molecule has 0 aliphatic carbocycles. The number of hydrogen-bond donors (Lipinski definition) is 0. The molecule has 2 heterocycles. The summed E-state index contributed by atoms with van der Waals surface area (Å²) in [6, 6.07) is 20.3.